The van der Waals surface area contributed by atoms with Gasteiger partial charge in [-0.25, -0.2) is 0 Å². The molecule has 4 rings (SSSR count). The maximum atomic E-state index is 12.7. The van der Waals surface area contributed by atoms with Crippen LogP contribution in [0.2, 0.25) is 10.0 Å². The fraction of sp³-hybridized carbons (Fsp3) is 0.217. The molecule has 2 aromatic carbocycles. The number of fused-ring (bicyclic) bond motifs is 1. The van der Waals surface area contributed by atoms with Gasteiger partial charge in [-0.2, -0.15) is 5.26 Å². The lowest BCUT2D eigenvalue weighted by molar-refractivity contribution is -0.125. The van der Waals surface area contributed by atoms with Crippen LogP contribution in [-0.2, 0) is 11.3 Å². The SMILES string of the molecule is N#C/C(=C\c1cn(Cc2c(Cl)cccc2Cl)c2ccccc12)C(=O)N1CCCC1. The lowest BCUT2D eigenvalue weighted by Gasteiger charge is -2.13. The Bertz CT molecular complexity index is 1130. The van der Waals surface area contributed by atoms with E-state index in [-0.39, 0.29) is 11.5 Å². The van der Waals surface area contributed by atoms with Crippen molar-refractivity contribution < 1.29 is 4.79 Å². The molecule has 0 unspecified atom stereocenters. The number of amides is 1. The Labute approximate surface area is 179 Å². The highest BCUT2D eigenvalue weighted by molar-refractivity contribution is 6.36. The fourth-order valence-corrected chi connectivity index (χ4v) is 4.28. The molecule has 4 nitrogen and oxygen atoms in total. The quantitative estimate of drug-likeness (QED) is 0.409. The molecular weight excluding hydrogens is 405 g/mol. The van der Waals surface area contributed by atoms with Crippen molar-refractivity contribution in [1.29, 1.82) is 5.26 Å². The molecule has 3 aromatic rings. The number of hydrogen-bond acceptors (Lipinski definition) is 2. The van der Waals surface area contributed by atoms with Crippen molar-refractivity contribution >= 4 is 46.1 Å². The monoisotopic (exact) mass is 423 g/mol. The Hall–Kier alpha value is -2.74. The molecule has 2 heterocycles. The summed E-state index contributed by atoms with van der Waals surface area (Å²) in [4.78, 5) is 14.4. The summed E-state index contributed by atoms with van der Waals surface area (Å²) < 4.78 is 2.05. The van der Waals surface area contributed by atoms with E-state index in [0.717, 1.165) is 34.9 Å². The minimum atomic E-state index is -0.198. The first-order valence-electron chi connectivity index (χ1n) is 9.50. The summed E-state index contributed by atoms with van der Waals surface area (Å²) in [5.41, 5.74) is 2.81. The molecule has 0 bridgehead atoms. The molecule has 6 heteroatoms. The van der Waals surface area contributed by atoms with E-state index in [1.807, 2.05) is 53.2 Å². The van der Waals surface area contributed by atoms with Gasteiger partial charge in [0.2, 0.25) is 0 Å². The topological polar surface area (TPSA) is 49.0 Å². The Morgan fingerprint density at radius 2 is 1.76 bits per heavy atom. The number of para-hydroxylation sites is 1. The summed E-state index contributed by atoms with van der Waals surface area (Å²) in [6.07, 6.45) is 5.61. The van der Waals surface area contributed by atoms with Crippen LogP contribution in [0.3, 0.4) is 0 Å². The highest BCUT2D eigenvalue weighted by Gasteiger charge is 2.22. The summed E-state index contributed by atoms with van der Waals surface area (Å²) in [5, 5.41) is 11.8. The number of carbonyl (C=O) groups excluding carboxylic acids is 1. The van der Waals surface area contributed by atoms with Crippen molar-refractivity contribution in [1.82, 2.24) is 9.47 Å². The van der Waals surface area contributed by atoms with Gasteiger partial charge in [0.05, 0.1) is 6.54 Å². The first-order valence-corrected chi connectivity index (χ1v) is 10.3. The van der Waals surface area contributed by atoms with Crippen LogP contribution in [0, 0.1) is 11.3 Å². The summed E-state index contributed by atoms with van der Waals surface area (Å²) in [6.45, 7) is 1.92. The standard InChI is InChI=1S/C23H19Cl2N3O/c24-20-7-5-8-21(25)19(20)15-28-14-17(18-6-1-2-9-22(18)28)12-16(13-26)23(29)27-10-3-4-11-27/h1-2,5-9,12,14H,3-4,10-11,15H2/b16-12+. The van der Waals surface area contributed by atoms with Crippen molar-refractivity contribution in [3.8, 4) is 6.07 Å². The second-order valence-electron chi connectivity index (χ2n) is 7.10. The zero-order chi connectivity index (χ0) is 20.4. The van der Waals surface area contributed by atoms with Crippen LogP contribution in [-0.4, -0.2) is 28.5 Å². The van der Waals surface area contributed by atoms with E-state index in [1.165, 1.54) is 0 Å². The van der Waals surface area contributed by atoms with Crippen molar-refractivity contribution in [3.05, 3.63) is 75.4 Å². The number of aromatic nitrogens is 1. The molecule has 0 aliphatic carbocycles. The van der Waals surface area contributed by atoms with E-state index in [2.05, 4.69) is 6.07 Å². The van der Waals surface area contributed by atoms with Gasteiger partial charge in [-0.15, -0.1) is 0 Å². The number of rotatable bonds is 4. The van der Waals surface area contributed by atoms with E-state index in [1.54, 1.807) is 11.0 Å². The largest absolute Gasteiger partial charge is 0.342 e. The van der Waals surface area contributed by atoms with Crippen LogP contribution in [0.25, 0.3) is 17.0 Å². The van der Waals surface area contributed by atoms with Gasteiger partial charge in [0.25, 0.3) is 5.91 Å². The highest BCUT2D eigenvalue weighted by Crippen LogP contribution is 2.29. The molecule has 29 heavy (non-hydrogen) atoms. The molecule has 146 valence electrons. The summed E-state index contributed by atoms with van der Waals surface area (Å²) in [6, 6.07) is 15.4. The average molecular weight is 424 g/mol. The first-order chi connectivity index (χ1) is 14.1. The average Bonchev–Trinajstić information content (AvgIpc) is 3.37. The maximum Gasteiger partial charge on any atom is 0.264 e. The van der Waals surface area contributed by atoms with Crippen molar-refractivity contribution in [2.75, 3.05) is 13.1 Å². The molecule has 0 N–H and O–H groups in total. The molecule has 0 spiro atoms. The maximum absolute atomic E-state index is 12.7. The van der Waals surface area contributed by atoms with Gasteiger partial charge in [-0.05, 0) is 37.1 Å². The third kappa shape index (κ3) is 3.89. The van der Waals surface area contributed by atoms with Gasteiger partial charge in [0.15, 0.2) is 0 Å². The molecule has 1 aliphatic heterocycles. The van der Waals surface area contributed by atoms with Crippen LogP contribution >= 0.6 is 23.2 Å². The Balaban J connectivity index is 1.76. The van der Waals surface area contributed by atoms with Gasteiger partial charge in [-0.1, -0.05) is 47.5 Å². The fourth-order valence-electron chi connectivity index (χ4n) is 3.76. The number of nitriles is 1. The van der Waals surface area contributed by atoms with Crippen molar-refractivity contribution in [3.63, 3.8) is 0 Å². The van der Waals surface area contributed by atoms with Gasteiger partial charge in [0, 0.05) is 51.4 Å². The second-order valence-corrected chi connectivity index (χ2v) is 7.91. The molecule has 0 atom stereocenters. The van der Waals surface area contributed by atoms with Crippen LogP contribution in [0.4, 0.5) is 0 Å². The number of halogens is 2. The molecule has 1 aromatic heterocycles. The Kier molecular flexibility index (Phi) is 5.62. The normalized spacial score (nSPS) is 14.4. The van der Waals surface area contributed by atoms with Crippen LogP contribution < -0.4 is 0 Å². The third-order valence-electron chi connectivity index (χ3n) is 5.25. The first kappa shape index (κ1) is 19.6. The minimum absolute atomic E-state index is 0.158. The van der Waals surface area contributed by atoms with E-state index < -0.39 is 0 Å². The molecule has 1 fully saturated rings. The number of likely N-dealkylation sites (tertiary alicyclic amines) is 1. The minimum Gasteiger partial charge on any atom is -0.342 e. The number of hydrogen-bond donors (Lipinski definition) is 0. The van der Waals surface area contributed by atoms with E-state index in [0.29, 0.717) is 29.7 Å². The smallest absolute Gasteiger partial charge is 0.264 e. The van der Waals surface area contributed by atoms with Crippen molar-refractivity contribution in [2.45, 2.75) is 19.4 Å². The van der Waals surface area contributed by atoms with E-state index in [9.17, 15) is 10.1 Å². The number of nitrogens with zero attached hydrogens (tertiary/aromatic N) is 3. The number of carbonyl (C=O) groups is 1. The molecule has 1 aliphatic rings. The molecule has 0 radical (unpaired) electrons. The zero-order valence-electron chi connectivity index (χ0n) is 15.7. The van der Waals surface area contributed by atoms with Crippen LogP contribution in [0.1, 0.15) is 24.0 Å². The van der Waals surface area contributed by atoms with Crippen LogP contribution in [0.5, 0.6) is 0 Å². The lowest BCUT2D eigenvalue weighted by atomic mass is 10.1. The van der Waals surface area contributed by atoms with E-state index in [4.69, 9.17) is 23.2 Å². The van der Waals surface area contributed by atoms with E-state index >= 15 is 0 Å². The number of benzene rings is 2. The summed E-state index contributed by atoms with van der Waals surface area (Å²) in [5.74, 6) is -0.198. The predicted molar refractivity (Wildman–Crippen MR) is 117 cm³/mol. The molecular formula is C23H19Cl2N3O. The van der Waals surface area contributed by atoms with Gasteiger partial charge >= 0.3 is 0 Å². The highest BCUT2D eigenvalue weighted by atomic mass is 35.5. The van der Waals surface area contributed by atoms with Gasteiger partial charge < -0.3 is 9.47 Å². The zero-order valence-corrected chi connectivity index (χ0v) is 17.2. The Morgan fingerprint density at radius 1 is 1.07 bits per heavy atom. The van der Waals surface area contributed by atoms with Gasteiger partial charge in [0.1, 0.15) is 11.6 Å². The third-order valence-corrected chi connectivity index (χ3v) is 5.96. The summed E-state index contributed by atoms with van der Waals surface area (Å²) in [7, 11) is 0. The molecule has 0 saturated carbocycles. The molecule has 1 amide bonds. The van der Waals surface area contributed by atoms with Gasteiger partial charge in [-0.3, -0.25) is 4.79 Å². The molecule has 1 saturated heterocycles. The predicted octanol–water partition coefficient (Wildman–Crippen LogP) is 5.53. The van der Waals surface area contributed by atoms with Crippen LogP contribution in [0.15, 0.2) is 54.2 Å². The Morgan fingerprint density at radius 3 is 2.45 bits per heavy atom. The summed E-state index contributed by atoms with van der Waals surface area (Å²) >= 11 is 12.7. The second kappa shape index (κ2) is 8.32. The lowest BCUT2D eigenvalue weighted by Crippen LogP contribution is -2.28. The van der Waals surface area contributed by atoms with Crippen molar-refractivity contribution in [2.24, 2.45) is 0 Å².